The monoisotopic (exact) mass is 293 g/mol. The summed E-state index contributed by atoms with van der Waals surface area (Å²) in [4.78, 5) is 10.1. The van der Waals surface area contributed by atoms with E-state index in [4.69, 9.17) is 0 Å². The van der Waals surface area contributed by atoms with Crippen molar-refractivity contribution in [1.82, 2.24) is 4.90 Å². The van der Waals surface area contributed by atoms with Gasteiger partial charge in [0.05, 0.1) is 12.9 Å². The van der Waals surface area contributed by atoms with E-state index in [0.29, 0.717) is 23.3 Å². The van der Waals surface area contributed by atoms with Crippen LogP contribution in [0.4, 0.5) is 13.2 Å². The fraction of sp³-hybridized carbons (Fsp3) is 0.400. The number of thioether (sulfide) groups is 1. The van der Waals surface area contributed by atoms with Gasteiger partial charge in [0, 0.05) is 4.88 Å². The lowest BCUT2D eigenvalue weighted by molar-refractivity contribution is -0.134. The van der Waals surface area contributed by atoms with Gasteiger partial charge in [-0.3, -0.25) is 0 Å². The van der Waals surface area contributed by atoms with Crippen LogP contribution in [0.15, 0.2) is 22.1 Å². The summed E-state index contributed by atoms with van der Waals surface area (Å²) in [6, 6.07) is 2.60. The Bertz CT molecular complexity index is 479. The molecule has 98 valence electrons. The number of halogens is 3. The van der Waals surface area contributed by atoms with Crippen LogP contribution < -0.4 is 0 Å². The first kappa shape index (κ1) is 13.4. The molecule has 0 aromatic carbocycles. The second-order valence-electron chi connectivity index (χ2n) is 3.54. The van der Waals surface area contributed by atoms with Gasteiger partial charge in [0.1, 0.15) is 11.5 Å². The van der Waals surface area contributed by atoms with Crippen molar-refractivity contribution in [1.29, 1.82) is 0 Å². The van der Waals surface area contributed by atoms with Crippen LogP contribution in [0.25, 0.3) is 0 Å². The lowest BCUT2D eigenvalue weighted by Crippen LogP contribution is -2.25. The Morgan fingerprint density at radius 3 is 2.72 bits per heavy atom. The van der Waals surface area contributed by atoms with Crippen molar-refractivity contribution >= 4 is 34.6 Å². The average molecular weight is 293 g/mol. The molecule has 1 aromatic rings. The summed E-state index contributed by atoms with van der Waals surface area (Å²) in [6.45, 7) is 0.828. The number of nitrogens with zero attached hydrogens (tertiary/aromatic N) is 3. The molecule has 0 amide bonds. The Morgan fingerprint density at radius 2 is 2.22 bits per heavy atom. The predicted octanol–water partition coefficient (Wildman–Crippen LogP) is 3.29. The Labute approximate surface area is 110 Å². The second kappa shape index (κ2) is 5.31. The van der Waals surface area contributed by atoms with Gasteiger partial charge in [-0.2, -0.15) is 13.2 Å². The van der Waals surface area contributed by atoms with Gasteiger partial charge in [0.15, 0.2) is 5.17 Å². The molecule has 0 fully saturated rings. The molecule has 0 unspecified atom stereocenters. The molecule has 1 aliphatic heterocycles. The van der Waals surface area contributed by atoms with Crippen LogP contribution in [-0.2, 0) is 12.7 Å². The molecule has 2 rings (SSSR count). The van der Waals surface area contributed by atoms with E-state index in [2.05, 4.69) is 9.98 Å². The summed E-state index contributed by atoms with van der Waals surface area (Å²) < 4.78 is 37.3. The quantitative estimate of drug-likeness (QED) is 0.837. The number of hydrogen-bond acceptors (Lipinski definition) is 5. The number of alkyl halides is 3. The summed E-state index contributed by atoms with van der Waals surface area (Å²) in [5.74, 6) is 0. The molecule has 18 heavy (non-hydrogen) atoms. The number of hydrogen-bond donors (Lipinski definition) is 0. The molecule has 0 N–H and O–H groups in total. The first-order valence-electron chi connectivity index (χ1n) is 5.01. The molecule has 0 saturated carbocycles. The van der Waals surface area contributed by atoms with Gasteiger partial charge in [-0.15, -0.1) is 11.3 Å². The van der Waals surface area contributed by atoms with E-state index in [-0.39, 0.29) is 0 Å². The number of thiophene rings is 1. The highest BCUT2D eigenvalue weighted by Crippen LogP contribution is 2.34. The molecular formula is C10H10F3N3S2. The molecule has 2 heterocycles. The van der Waals surface area contributed by atoms with Crippen molar-refractivity contribution in [3.63, 3.8) is 0 Å². The fourth-order valence-corrected chi connectivity index (χ4v) is 2.62. The highest BCUT2D eigenvalue weighted by molar-refractivity contribution is 8.13. The highest BCUT2D eigenvalue weighted by atomic mass is 32.2. The predicted molar refractivity (Wildman–Crippen MR) is 69.2 cm³/mol. The van der Waals surface area contributed by atoms with E-state index in [1.165, 1.54) is 17.8 Å². The number of amidine groups is 1. The van der Waals surface area contributed by atoms with Gasteiger partial charge in [-0.25, -0.2) is 9.98 Å². The third-order valence-corrected chi connectivity index (χ3v) is 3.92. The van der Waals surface area contributed by atoms with Crippen molar-refractivity contribution < 1.29 is 13.2 Å². The van der Waals surface area contributed by atoms with Crippen molar-refractivity contribution in [3.8, 4) is 0 Å². The number of aliphatic imine (C=N–C) groups is 2. The van der Waals surface area contributed by atoms with Crippen LogP contribution in [0.5, 0.6) is 0 Å². The minimum absolute atomic E-state index is 0.398. The Hall–Kier alpha value is -1.02. The Balaban J connectivity index is 1.98. The average Bonchev–Trinajstić information content (AvgIpc) is 2.78. The van der Waals surface area contributed by atoms with Gasteiger partial charge in [-0.05, 0) is 18.4 Å². The summed E-state index contributed by atoms with van der Waals surface area (Å²) >= 11 is 2.20. The molecule has 0 bridgehead atoms. The summed E-state index contributed by atoms with van der Waals surface area (Å²) in [7, 11) is 0. The van der Waals surface area contributed by atoms with E-state index in [9.17, 15) is 13.2 Å². The van der Waals surface area contributed by atoms with Crippen LogP contribution in [-0.4, -0.2) is 29.3 Å². The molecule has 0 atom stereocenters. The SMILES string of the molecule is CSC1=NCN(Cc2ccc(C(F)(F)F)s2)C=N1. The fourth-order valence-electron chi connectivity index (χ4n) is 1.38. The first-order valence-corrected chi connectivity index (χ1v) is 7.06. The van der Waals surface area contributed by atoms with Crippen molar-refractivity contribution in [2.24, 2.45) is 9.98 Å². The van der Waals surface area contributed by atoms with E-state index < -0.39 is 11.1 Å². The standard InChI is InChI=1S/C10H10F3N3S2/c1-17-9-14-5-16(6-15-9)4-7-2-3-8(18-7)10(11,12)13/h2-3,5H,4,6H2,1H3. The molecular weight excluding hydrogens is 283 g/mol. The molecule has 0 saturated heterocycles. The van der Waals surface area contributed by atoms with Crippen LogP contribution in [0.2, 0.25) is 0 Å². The zero-order valence-corrected chi connectivity index (χ0v) is 11.1. The van der Waals surface area contributed by atoms with Crippen molar-refractivity contribution in [2.45, 2.75) is 12.7 Å². The van der Waals surface area contributed by atoms with Crippen LogP contribution >= 0.6 is 23.1 Å². The smallest absolute Gasteiger partial charge is 0.338 e. The molecule has 1 aromatic heterocycles. The van der Waals surface area contributed by atoms with Gasteiger partial charge in [-0.1, -0.05) is 11.8 Å². The van der Waals surface area contributed by atoms with Crippen LogP contribution in [0.1, 0.15) is 9.75 Å². The van der Waals surface area contributed by atoms with Gasteiger partial charge >= 0.3 is 6.18 Å². The van der Waals surface area contributed by atoms with Crippen molar-refractivity contribution in [3.05, 3.63) is 21.9 Å². The van der Waals surface area contributed by atoms with Gasteiger partial charge in [0.25, 0.3) is 0 Å². The van der Waals surface area contributed by atoms with E-state index in [0.717, 1.165) is 17.4 Å². The van der Waals surface area contributed by atoms with Crippen LogP contribution in [0.3, 0.4) is 0 Å². The zero-order chi connectivity index (χ0) is 13.2. The molecule has 3 nitrogen and oxygen atoms in total. The van der Waals surface area contributed by atoms with E-state index in [1.54, 1.807) is 11.2 Å². The summed E-state index contributed by atoms with van der Waals surface area (Å²) in [5, 5.41) is 0.688. The maximum absolute atomic E-state index is 12.4. The molecule has 0 radical (unpaired) electrons. The largest absolute Gasteiger partial charge is 0.425 e. The molecule has 8 heteroatoms. The Kier molecular flexibility index (Phi) is 3.96. The maximum Gasteiger partial charge on any atom is 0.425 e. The topological polar surface area (TPSA) is 28.0 Å². The van der Waals surface area contributed by atoms with Crippen molar-refractivity contribution in [2.75, 3.05) is 12.9 Å². The summed E-state index contributed by atoms with van der Waals surface area (Å²) in [6.07, 6.45) is -0.768. The zero-order valence-electron chi connectivity index (χ0n) is 9.44. The van der Waals surface area contributed by atoms with Gasteiger partial charge in [0.2, 0.25) is 0 Å². The highest BCUT2D eigenvalue weighted by Gasteiger charge is 2.32. The molecule has 0 spiro atoms. The molecule has 1 aliphatic rings. The maximum atomic E-state index is 12.4. The van der Waals surface area contributed by atoms with E-state index >= 15 is 0 Å². The molecule has 0 aliphatic carbocycles. The minimum atomic E-state index is -4.26. The van der Waals surface area contributed by atoms with Gasteiger partial charge < -0.3 is 4.90 Å². The number of rotatable bonds is 2. The van der Waals surface area contributed by atoms with Crippen LogP contribution in [0, 0.1) is 0 Å². The van der Waals surface area contributed by atoms with E-state index in [1.807, 2.05) is 6.26 Å². The third-order valence-electron chi connectivity index (χ3n) is 2.20. The first-order chi connectivity index (χ1) is 8.49. The minimum Gasteiger partial charge on any atom is -0.338 e. The normalized spacial score (nSPS) is 16.0. The Morgan fingerprint density at radius 1 is 1.44 bits per heavy atom. The lowest BCUT2D eigenvalue weighted by atomic mass is 10.4. The lowest BCUT2D eigenvalue weighted by Gasteiger charge is -2.19. The second-order valence-corrected chi connectivity index (χ2v) is 5.48. The third kappa shape index (κ3) is 3.26. The summed E-state index contributed by atoms with van der Waals surface area (Å²) in [5.41, 5.74) is 0.